The molecule has 1 aromatic carbocycles. The molecule has 3 N–H and O–H groups in total. The zero-order chi connectivity index (χ0) is 14.3. The van der Waals surface area contributed by atoms with Gasteiger partial charge in [0.15, 0.2) is 11.5 Å². The fourth-order valence-corrected chi connectivity index (χ4v) is 2.36. The molecule has 1 aromatic rings. The van der Waals surface area contributed by atoms with Crippen LogP contribution in [0.4, 0.5) is 5.69 Å². The number of hydrogen-bond donors (Lipinski definition) is 2. The Kier molecular flexibility index (Phi) is 2.89. The van der Waals surface area contributed by atoms with E-state index in [2.05, 4.69) is 5.32 Å². The summed E-state index contributed by atoms with van der Waals surface area (Å²) in [6.07, 6.45) is 0. The van der Waals surface area contributed by atoms with E-state index < -0.39 is 6.04 Å². The highest BCUT2D eigenvalue weighted by Gasteiger charge is 2.31. The molecule has 0 bridgehead atoms. The summed E-state index contributed by atoms with van der Waals surface area (Å²) >= 11 is 0. The van der Waals surface area contributed by atoms with E-state index in [9.17, 15) is 9.59 Å². The number of fused-ring (bicyclic) bond motifs is 1. The molecule has 0 radical (unpaired) electrons. The number of ether oxygens (including phenoxy) is 2. The highest BCUT2D eigenvalue weighted by molar-refractivity contribution is 6.02. The average molecular weight is 277 g/mol. The molecule has 2 amide bonds. The van der Waals surface area contributed by atoms with Gasteiger partial charge in [0.1, 0.15) is 6.04 Å². The normalized spacial score (nSPS) is 20.8. The largest absolute Gasteiger partial charge is 0.454 e. The van der Waals surface area contributed by atoms with E-state index in [-0.39, 0.29) is 18.6 Å². The second-order valence-electron chi connectivity index (χ2n) is 4.76. The third-order valence-corrected chi connectivity index (χ3v) is 3.53. The third kappa shape index (κ3) is 1.91. The number of nitrogens with two attached hydrogens (primary N) is 1. The molecule has 3 rings (SSSR count). The number of carbonyl (C=O) groups is 2. The number of amides is 2. The summed E-state index contributed by atoms with van der Waals surface area (Å²) in [7, 11) is 0. The summed E-state index contributed by atoms with van der Waals surface area (Å²) in [6, 6.07) is 2.63. The molecule has 1 fully saturated rings. The van der Waals surface area contributed by atoms with Crippen molar-refractivity contribution in [1.82, 2.24) is 10.2 Å². The molecule has 0 aromatic heterocycles. The number of nitrogens with zero attached hydrogens (tertiary/aromatic N) is 1. The highest BCUT2D eigenvalue weighted by Crippen LogP contribution is 2.36. The fraction of sp³-hybridized carbons (Fsp3) is 0.385. The predicted octanol–water partition coefficient (Wildman–Crippen LogP) is -0.0420. The molecule has 7 nitrogen and oxygen atoms in total. The zero-order valence-electron chi connectivity index (χ0n) is 11.0. The van der Waals surface area contributed by atoms with Crippen molar-refractivity contribution in [2.24, 2.45) is 0 Å². The first kappa shape index (κ1) is 12.6. The van der Waals surface area contributed by atoms with Gasteiger partial charge in [-0.25, -0.2) is 0 Å². The Labute approximate surface area is 115 Å². The van der Waals surface area contributed by atoms with Crippen molar-refractivity contribution in [2.45, 2.75) is 13.0 Å². The summed E-state index contributed by atoms with van der Waals surface area (Å²) in [5, 5.41) is 2.72. The quantitative estimate of drug-likeness (QED) is 0.702. The number of carbonyl (C=O) groups excluding carboxylic acids is 2. The second-order valence-corrected chi connectivity index (χ2v) is 4.76. The van der Waals surface area contributed by atoms with Crippen molar-refractivity contribution < 1.29 is 19.1 Å². The Morgan fingerprint density at radius 3 is 2.85 bits per heavy atom. The molecule has 1 atom stereocenters. The van der Waals surface area contributed by atoms with Gasteiger partial charge in [-0.15, -0.1) is 0 Å². The fourth-order valence-electron chi connectivity index (χ4n) is 2.36. The molecular weight excluding hydrogens is 262 g/mol. The minimum absolute atomic E-state index is 0.120. The lowest BCUT2D eigenvalue weighted by Gasteiger charge is -2.33. The Morgan fingerprint density at radius 1 is 1.40 bits per heavy atom. The molecule has 20 heavy (non-hydrogen) atoms. The van der Waals surface area contributed by atoms with Crippen LogP contribution in [0, 0.1) is 0 Å². The smallest absolute Gasteiger partial charge is 0.256 e. The maximum absolute atomic E-state index is 12.5. The van der Waals surface area contributed by atoms with Crippen LogP contribution in [0.15, 0.2) is 12.1 Å². The van der Waals surface area contributed by atoms with Crippen LogP contribution in [0.2, 0.25) is 0 Å². The van der Waals surface area contributed by atoms with E-state index >= 15 is 0 Å². The molecule has 1 saturated heterocycles. The summed E-state index contributed by atoms with van der Waals surface area (Å²) < 4.78 is 10.5. The first-order valence-electron chi connectivity index (χ1n) is 6.35. The van der Waals surface area contributed by atoms with Gasteiger partial charge in [0.2, 0.25) is 12.7 Å². The number of rotatable bonds is 1. The Morgan fingerprint density at radius 2 is 2.10 bits per heavy atom. The van der Waals surface area contributed by atoms with Crippen molar-refractivity contribution in [2.75, 3.05) is 25.6 Å². The molecule has 1 unspecified atom stereocenters. The number of benzene rings is 1. The monoisotopic (exact) mass is 277 g/mol. The molecule has 2 aliphatic rings. The SMILES string of the molecule is CC1C(=O)NCCN1C(=O)c1cc2c(cc1N)OCO2. The molecule has 106 valence electrons. The lowest BCUT2D eigenvalue weighted by Crippen LogP contribution is -2.55. The number of nitrogens with one attached hydrogen (secondary N) is 1. The average Bonchev–Trinajstić information content (AvgIpc) is 2.87. The minimum atomic E-state index is -0.513. The van der Waals surface area contributed by atoms with Crippen molar-refractivity contribution in [1.29, 1.82) is 0 Å². The summed E-state index contributed by atoms with van der Waals surface area (Å²) in [6.45, 7) is 2.71. The molecule has 2 aliphatic heterocycles. The molecule has 0 saturated carbocycles. The summed E-state index contributed by atoms with van der Waals surface area (Å²) in [5.74, 6) is 0.590. The Bertz CT molecular complexity index is 587. The molecule has 7 heteroatoms. The topological polar surface area (TPSA) is 93.9 Å². The van der Waals surface area contributed by atoms with E-state index in [4.69, 9.17) is 15.2 Å². The van der Waals surface area contributed by atoms with Crippen molar-refractivity contribution in [3.05, 3.63) is 17.7 Å². The van der Waals surface area contributed by atoms with Crippen LogP contribution in [0.3, 0.4) is 0 Å². The van der Waals surface area contributed by atoms with E-state index in [1.807, 2.05) is 0 Å². The van der Waals surface area contributed by atoms with E-state index in [1.165, 1.54) is 4.90 Å². The summed E-state index contributed by atoms with van der Waals surface area (Å²) in [4.78, 5) is 25.7. The van der Waals surface area contributed by atoms with Crippen LogP contribution >= 0.6 is 0 Å². The lowest BCUT2D eigenvalue weighted by molar-refractivity contribution is -0.127. The van der Waals surface area contributed by atoms with Gasteiger partial charge in [-0.05, 0) is 13.0 Å². The maximum atomic E-state index is 12.5. The Balaban J connectivity index is 1.92. The van der Waals surface area contributed by atoms with Crippen LogP contribution in [0.1, 0.15) is 17.3 Å². The number of hydrogen-bond acceptors (Lipinski definition) is 5. The van der Waals surface area contributed by atoms with Gasteiger partial charge in [0, 0.05) is 24.8 Å². The van der Waals surface area contributed by atoms with Crippen molar-refractivity contribution in [3.8, 4) is 11.5 Å². The highest BCUT2D eigenvalue weighted by atomic mass is 16.7. The predicted molar refractivity (Wildman–Crippen MR) is 70.5 cm³/mol. The minimum Gasteiger partial charge on any atom is -0.454 e. The third-order valence-electron chi connectivity index (χ3n) is 3.53. The van der Waals surface area contributed by atoms with Gasteiger partial charge in [0.05, 0.1) is 5.56 Å². The van der Waals surface area contributed by atoms with Crippen LogP contribution in [0.5, 0.6) is 11.5 Å². The van der Waals surface area contributed by atoms with Gasteiger partial charge < -0.3 is 25.4 Å². The van der Waals surface area contributed by atoms with Gasteiger partial charge in [-0.1, -0.05) is 0 Å². The van der Waals surface area contributed by atoms with Crippen LogP contribution in [0.25, 0.3) is 0 Å². The lowest BCUT2D eigenvalue weighted by atomic mass is 10.1. The zero-order valence-corrected chi connectivity index (χ0v) is 11.0. The number of nitrogen functional groups attached to an aromatic ring is 1. The molecule has 2 heterocycles. The van der Waals surface area contributed by atoms with E-state index in [0.717, 1.165) is 0 Å². The molecular formula is C13H15N3O4. The van der Waals surface area contributed by atoms with Gasteiger partial charge >= 0.3 is 0 Å². The standard InChI is InChI=1S/C13H15N3O4/c1-7-12(17)15-2-3-16(7)13(18)8-4-10-11(5-9(8)14)20-6-19-10/h4-5,7H,2-3,6,14H2,1H3,(H,15,17). The Hall–Kier alpha value is -2.44. The van der Waals surface area contributed by atoms with E-state index in [0.29, 0.717) is 35.8 Å². The number of anilines is 1. The summed E-state index contributed by atoms with van der Waals surface area (Å²) in [5.41, 5.74) is 6.54. The van der Waals surface area contributed by atoms with E-state index in [1.54, 1.807) is 19.1 Å². The number of piperazine rings is 1. The molecule has 0 aliphatic carbocycles. The first-order chi connectivity index (χ1) is 9.58. The van der Waals surface area contributed by atoms with Crippen LogP contribution in [-0.4, -0.2) is 42.6 Å². The van der Waals surface area contributed by atoms with Gasteiger partial charge in [-0.2, -0.15) is 0 Å². The van der Waals surface area contributed by atoms with Gasteiger partial charge in [0.25, 0.3) is 5.91 Å². The molecule has 0 spiro atoms. The maximum Gasteiger partial charge on any atom is 0.256 e. The van der Waals surface area contributed by atoms with Crippen LogP contribution < -0.4 is 20.5 Å². The van der Waals surface area contributed by atoms with Crippen molar-refractivity contribution >= 4 is 17.5 Å². The second kappa shape index (κ2) is 4.59. The first-order valence-corrected chi connectivity index (χ1v) is 6.35. The van der Waals surface area contributed by atoms with Crippen LogP contribution in [-0.2, 0) is 4.79 Å². The van der Waals surface area contributed by atoms with Crippen molar-refractivity contribution in [3.63, 3.8) is 0 Å². The van der Waals surface area contributed by atoms with Gasteiger partial charge in [-0.3, -0.25) is 9.59 Å².